The Balaban J connectivity index is 1.71. The molecule has 8 heteroatoms. The lowest BCUT2D eigenvalue weighted by Gasteiger charge is -2.46. The van der Waals surface area contributed by atoms with Gasteiger partial charge in [-0.25, -0.2) is 9.37 Å². The van der Waals surface area contributed by atoms with Gasteiger partial charge in [0.2, 0.25) is 0 Å². The first-order valence-electron chi connectivity index (χ1n) is 8.19. The summed E-state index contributed by atoms with van der Waals surface area (Å²) in [6, 6.07) is 2.66. The molecule has 134 valence electrons. The van der Waals surface area contributed by atoms with Crippen LogP contribution in [0.5, 0.6) is 0 Å². The van der Waals surface area contributed by atoms with Gasteiger partial charge >= 0.3 is 11.8 Å². The molecular weight excluding hydrogens is 325 g/mol. The third-order valence-corrected chi connectivity index (χ3v) is 4.09. The summed E-state index contributed by atoms with van der Waals surface area (Å²) >= 11 is 0. The Morgan fingerprint density at radius 2 is 1.92 bits per heavy atom. The fourth-order valence-corrected chi connectivity index (χ4v) is 3.59. The van der Waals surface area contributed by atoms with Crippen LogP contribution in [0.1, 0.15) is 51.2 Å². The molecule has 0 atom stereocenters. The zero-order valence-corrected chi connectivity index (χ0v) is 14.8. The Morgan fingerprint density at radius 3 is 2.52 bits per heavy atom. The molecule has 0 aromatic carbocycles. The number of hydrogen-bond acceptors (Lipinski definition) is 6. The lowest BCUT2D eigenvalue weighted by Crippen LogP contribution is -2.62. The van der Waals surface area contributed by atoms with Crippen molar-refractivity contribution in [2.45, 2.75) is 57.7 Å². The lowest BCUT2D eigenvalue weighted by atomic mass is 9.79. The summed E-state index contributed by atoms with van der Waals surface area (Å²) in [4.78, 5) is 16.3. The monoisotopic (exact) mass is 347 g/mol. The molecule has 0 aliphatic carbocycles. The van der Waals surface area contributed by atoms with E-state index in [1.807, 2.05) is 0 Å². The van der Waals surface area contributed by atoms with Gasteiger partial charge in [-0.15, -0.1) is 10.2 Å². The SMILES string of the molecule is CC1(C)CC(NC(=O)c2nnc(-c3ccc(F)cn3)o2)CC(C)(C)N1. The lowest BCUT2D eigenvalue weighted by molar-refractivity contribution is 0.0840. The van der Waals surface area contributed by atoms with E-state index < -0.39 is 11.7 Å². The first-order chi connectivity index (χ1) is 11.6. The van der Waals surface area contributed by atoms with Gasteiger partial charge < -0.3 is 15.1 Å². The summed E-state index contributed by atoms with van der Waals surface area (Å²) in [6.45, 7) is 8.44. The van der Waals surface area contributed by atoms with Gasteiger partial charge in [-0.1, -0.05) is 0 Å². The molecule has 0 unspecified atom stereocenters. The van der Waals surface area contributed by atoms with Gasteiger partial charge in [-0.05, 0) is 52.7 Å². The van der Waals surface area contributed by atoms with Crippen LogP contribution in [-0.2, 0) is 0 Å². The predicted octanol–water partition coefficient (Wildman–Crippen LogP) is 2.31. The van der Waals surface area contributed by atoms with E-state index in [1.54, 1.807) is 0 Å². The Labute approximate surface area is 145 Å². The van der Waals surface area contributed by atoms with E-state index in [1.165, 1.54) is 12.1 Å². The average molecular weight is 347 g/mol. The summed E-state index contributed by atoms with van der Waals surface area (Å²) < 4.78 is 18.3. The van der Waals surface area contributed by atoms with E-state index in [9.17, 15) is 9.18 Å². The molecule has 1 aliphatic heterocycles. The van der Waals surface area contributed by atoms with Gasteiger partial charge in [0.05, 0.1) is 6.20 Å². The highest BCUT2D eigenvalue weighted by Crippen LogP contribution is 2.28. The molecule has 0 saturated carbocycles. The van der Waals surface area contributed by atoms with Gasteiger partial charge in [0.15, 0.2) is 0 Å². The number of amides is 1. The van der Waals surface area contributed by atoms with Crippen molar-refractivity contribution < 1.29 is 13.6 Å². The van der Waals surface area contributed by atoms with E-state index in [0.717, 1.165) is 19.0 Å². The quantitative estimate of drug-likeness (QED) is 0.885. The van der Waals surface area contributed by atoms with Crippen LogP contribution in [0.3, 0.4) is 0 Å². The maximum Gasteiger partial charge on any atom is 0.309 e. The number of nitrogens with one attached hydrogen (secondary N) is 2. The third kappa shape index (κ3) is 4.19. The second-order valence-electron chi connectivity index (χ2n) is 7.75. The first-order valence-corrected chi connectivity index (χ1v) is 8.19. The van der Waals surface area contributed by atoms with E-state index >= 15 is 0 Å². The van der Waals surface area contributed by atoms with Crippen LogP contribution in [0.2, 0.25) is 0 Å². The Hall–Kier alpha value is -2.35. The second kappa shape index (κ2) is 6.18. The highest BCUT2D eigenvalue weighted by atomic mass is 19.1. The van der Waals surface area contributed by atoms with Crippen LogP contribution in [-0.4, -0.2) is 38.2 Å². The van der Waals surface area contributed by atoms with Gasteiger partial charge in [-0.3, -0.25) is 4.79 Å². The minimum Gasteiger partial charge on any atom is -0.411 e. The molecular formula is C17H22FN5O2. The van der Waals surface area contributed by atoms with E-state index in [2.05, 4.69) is 53.5 Å². The zero-order valence-electron chi connectivity index (χ0n) is 14.8. The Morgan fingerprint density at radius 1 is 1.24 bits per heavy atom. The number of halogens is 1. The summed E-state index contributed by atoms with van der Waals surface area (Å²) in [7, 11) is 0. The second-order valence-corrected chi connectivity index (χ2v) is 7.75. The molecule has 0 spiro atoms. The van der Waals surface area contributed by atoms with Crippen molar-refractivity contribution in [3.8, 4) is 11.6 Å². The Kier molecular flexibility index (Phi) is 4.32. The number of nitrogens with zero attached hydrogens (tertiary/aromatic N) is 3. The maximum absolute atomic E-state index is 12.9. The molecule has 1 aliphatic rings. The van der Waals surface area contributed by atoms with Gasteiger partial charge in [0.25, 0.3) is 5.89 Å². The molecule has 1 saturated heterocycles. The standard InChI is InChI=1S/C17H22FN5O2/c1-16(2)7-11(8-17(3,4)23-16)20-13(24)15-22-21-14(25-15)12-6-5-10(18)9-19-12/h5-6,9,11,23H,7-8H2,1-4H3,(H,20,24). The summed E-state index contributed by atoms with van der Waals surface area (Å²) in [6.07, 6.45) is 2.64. The summed E-state index contributed by atoms with van der Waals surface area (Å²) in [5.41, 5.74) is 0.146. The summed E-state index contributed by atoms with van der Waals surface area (Å²) in [5, 5.41) is 14.1. The molecule has 3 heterocycles. The normalized spacial score (nSPS) is 19.6. The first kappa shape index (κ1) is 17.5. The number of rotatable bonds is 3. The molecule has 0 bridgehead atoms. The zero-order chi connectivity index (χ0) is 18.2. The molecule has 0 radical (unpaired) electrons. The fraction of sp³-hybridized carbons (Fsp3) is 0.529. The van der Waals surface area contributed by atoms with Gasteiger partial charge in [-0.2, -0.15) is 0 Å². The predicted molar refractivity (Wildman–Crippen MR) is 89.3 cm³/mol. The van der Waals surface area contributed by atoms with Crippen molar-refractivity contribution in [1.82, 2.24) is 25.8 Å². The van der Waals surface area contributed by atoms with Crippen molar-refractivity contribution in [3.05, 3.63) is 30.0 Å². The molecule has 3 rings (SSSR count). The number of carbonyl (C=O) groups is 1. The minimum atomic E-state index is -0.461. The van der Waals surface area contributed by atoms with Crippen molar-refractivity contribution in [2.75, 3.05) is 0 Å². The molecule has 25 heavy (non-hydrogen) atoms. The smallest absolute Gasteiger partial charge is 0.309 e. The van der Waals surface area contributed by atoms with E-state index in [-0.39, 0.29) is 28.9 Å². The van der Waals surface area contributed by atoms with Crippen molar-refractivity contribution in [1.29, 1.82) is 0 Å². The topological polar surface area (TPSA) is 92.9 Å². The van der Waals surface area contributed by atoms with Crippen LogP contribution in [0.4, 0.5) is 4.39 Å². The van der Waals surface area contributed by atoms with Crippen LogP contribution in [0, 0.1) is 5.82 Å². The molecule has 2 N–H and O–H groups in total. The van der Waals surface area contributed by atoms with Crippen molar-refractivity contribution in [3.63, 3.8) is 0 Å². The van der Waals surface area contributed by atoms with Crippen LogP contribution in [0.15, 0.2) is 22.7 Å². The van der Waals surface area contributed by atoms with E-state index in [0.29, 0.717) is 5.69 Å². The number of pyridine rings is 1. The van der Waals surface area contributed by atoms with E-state index in [4.69, 9.17) is 4.42 Å². The van der Waals surface area contributed by atoms with Crippen LogP contribution in [0.25, 0.3) is 11.6 Å². The summed E-state index contributed by atoms with van der Waals surface area (Å²) in [5.74, 6) is -0.928. The molecule has 2 aromatic rings. The largest absolute Gasteiger partial charge is 0.411 e. The third-order valence-electron chi connectivity index (χ3n) is 4.09. The van der Waals surface area contributed by atoms with Gasteiger partial charge in [0, 0.05) is 17.1 Å². The Bertz CT molecular complexity index is 754. The molecule has 1 amide bonds. The van der Waals surface area contributed by atoms with Crippen LogP contribution < -0.4 is 10.6 Å². The van der Waals surface area contributed by atoms with Crippen molar-refractivity contribution in [2.24, 2.45) is 0 Å². The van der Waals surface area contributed by atoms with Crippen LogP contribution >= 0.6 is 0 Å². The molecule has 1 fully saturated rings. The molecule has 7 nitrogen and oxygen atoms in total. The number of carbonyl (C=O) groups excluding carboxylic acids is 1. The average Bonchev–Trinajstić information content (AvgIpc) is 2.94. The van der Waals surface area contributed by atoms with Crippen molar-refractivity contribution >= 4 is 5.91 Å². The highest BCUT2D eigenvalue weighted by molar-refractivity contribution is 5.89. The minimum absolute atomic E-state index is 0.00181. The molecule has 2 aromatic heterocycles. The van der Waals surface area contributed by atoms with Gasteiger partial charge in [0.1, 0.15) is 11.5 Å². The fourth-order valence-electron chi connectivity index (χ4n) is 3.59. The maximum atomic E-state index is 12.9. The number of aromatic nitrogens is 3. The number of piperidine rings is 1. The highest BCUT2D eigenvalue weighted by Gasteiger charge is 2.38. The number of hydrogen-bond donors (Lipinski definition) is 2.